The fraction of sp³-hybridized carbons (Fsp3) is 0.714. The van der Waals surface area contributed by atoms with Crippen LogP contribution < -0.4 is 0 Å². The number of rotatable bonds is 5. The molecule has 0 saturated carbocycles. The van der Waals surface area contributed by atoms with Gasteiger partial charge in [-0.1, -0.05) is 30.3 Å². The number of β-amino-alcohol motifs (C(OH)–C–C–N with tert-alkyl or cyclic N) is 1. The molecule has 4 heteroatoms. The highest BCUT2D eigenvalue weighted by Crippen LogP contribution is 2.35. The number of ether oxygens (including phenoxy) is 1. The van der Waals surface area contributed by atoms with Crippen LogP contribution in [0.25, 0.3) is 0 Å². The Morgan fingerprint density at radius 3 is 2.20 bits per heavy atom. The summed E-state index contributed by atoms with van der Waals surface area (Å²) >= 11 is 0. The van der Waals surface area contributed by atoms with Gasteiger partial charge in [0.05, 0.1) is 12.2 Å². The van der Waals surface area contributed by atoms with Gasteiger partial charge >= 0.3 is 0 Å². The molecule has 3 aliphatic heterocycles. The van der Waals surface area contributed by atoms with Crippen molar-refractivity contribution in [1.29, 1.82) is 0 Å². The first-order chi connectivity index (χ1) is 12.2. The number of nitrogens with zero attached hydrogens (tertiary/aromatic N) is 2. The summed E-state index contributed by atoms with van der Waals surface area (Å²) in [5.41, 5.74) is 1.06. The average Bonchev–Trinajstić information content (AvgIpc) is 3.31. The van der Waals surface area contributed by atoms with Gasteiger partial charge in [0, 0.05) is 38.2 Å². The van der Waals surface area contributed by atoms with Crippen LogP contribution in [-0.4, -0.2) is 73.0 Å². The summed E-state index contributed by atoms with van der Waals surface area (Å²) < 4.78 is 5.80. The molecule has 1 atom stereocenters. The van der Waals surface area contributed by atoms with E-state index in [0.29, 0.717) is 0 Å². The summed E-state index contributed by atoms with van der Waals surface area (Å²) in [5.74, 6) is 0. The molecule has 0 bridgehead atoms. The first kappa shape index (κ1) is 17.5. The van der Waals surface area contributed by atoms with E-state index in [1.54, 1.807) is 0 Å². The number of piperidine rings is 1. The molecule has 0 amide bonds. The van der Waals surface area contributed by atoms with Crippen molar-refractivity contribution < 1.29 is 9.84 Å². The largest absolute Gasteiger partial charge is 0.388 e. The molecule has 3 heterocycles. The molecular formula is C21H32N2O2. The molecule has 4 rings (SSSR count). The minimum absolute atomic E-state index is 0.131. The molecule has 1 aromatic carbocycles. The maximum absolute atomic E-state index is 11.0. The highest BCUT2D eigenvalue weighted by atomic mass is 16.5. The molecule has 4 nitrogen and oxygen atoms in total. The van der Waals surface area contributed by atoms with Crippen molar-refractivity contribution in [3.63, 3.8) is 0 Å². The Labute approximate surface area is 151 Å². The third-order valence-electron chi connectivity index (χ3n) is 6.52. The van der Waals surface area contributed by atoms with Crippen molar-refractivity contribution in [2.75, 3.05) is 52.5 Å². The summed E-state index contributed by atoms with van der Waals surface area (Å²) in [4.78, 5) is 5.01. The Bertz CT molecular complexity index is 542. The third-order valence-corrected chi connectivity index (χ3v) is 6.52. The zero-order valence-electron chi connectivity index (χ0n) is 15.3. The van der Waals surface area contributed by atoms with Crippen molar-refractivity contribution in [3.8, 4) is 0 Å². The molecule has 0 aromatic heterocycles. The molecule has 1 N–H and O–H groups in total. The number of hydrogen-bond donors (Lipinski definition) is 1. The van der Waals surface area contributed by atoms with Crippen LogP contribution in [0.15, 0.2) is 30.3 Å². The van der Waals surface area contributed by atoms with Gasteiger partial charge in [-0.05, 0) is 50.8 Å². The molecule has 1 aromatic rings. The predicted molar refractivity (Wildman–Crippen MR) is 99.9 cm³/mol. The van der Waals surface area contributed by atoms with Crippen LogP contribution in [0.3, 0.4) is 0 Å². The summed E-state index contributed by atoms with van der Waals surface area (Å²) in [6.45, 7) is 7.94. The van der Waals surface area contributed by atoms with Crippen LogP contribution in [-0.2, 0) is 10.2 Å². The van der Waals surface area contributed by atoms with Crippen LogP contribution in [0.1, 0.15) is 37.7 Å². The summed E-state index contributed by atoms with van der Waals surface area (Å²) in [7, 11) is 0. The summed E-state index contributed by atoms with van der Waals surface area (Å²) in [6, 6.07) is 10.9. The minimum Gasteiger partial charge on any atom is -0.388 e. The molecular weight excluding hydrogens is 312 g/mol. The lowest BCUT2D eigenvalue weighted by atomic mass is 9.78. The van der Waals surface area contributed by atoms with Crippen LogP contribution in [0, 0.1) is 0 Å². The molecule has 3 saturated heterocycles. The maximum Gasteiger partial charge on any atom is 0.0798 e. The molecule has 0 aliphatic carbocycles. The van der Waals surface area contributed by atoms with Gasteiger partial charge < -0.3 is 19.6 Å². The topological polar surface area (TPSA) is 35.9 Å². The fourth-order valence-electron chi connectivity index (χ4n) is 4.91. The standard InChI is InChI=1S/C21H32N2O2/c24-21(17-22-11-4-5-12-22)8-13-23(14-9-21)16-20(10-15-25-18-20)19-6-2-1-3-7-19/h1-3,6-7,24H,4-5,8-18H2/t20-/m1/s1. The molecule has 25 heavy (non-hydrogen) atoms. The number of benzene rings is 1. The second-order valence-corrected chi connectivity index (χ2v) is 8.43. The van der Waals surface area contributed by atoms with E-state index in [4.69, 9.17) is 4.74 Å². The lowest BCUT2D eigenvalue weighted by Crippen LogP contribution is -2.53. The van der Waals surface area contributed by atoms with E-state index < -0.39 is 5.60 Å². The highest BCUT2D eigenvalue weighted by Gasteiger charge is 2.41. The number of aliphatic hydroxyl groups is 1. The quantitative estimate of drug-likeness (QED) is 0.889. The van der Waals surface area contributed by atoms with Gasteiger partial charge in [-0.2, -0.15) is 0 Å². The van der Waals surface area contributed by atoms with E-state index in [-0.39, 0.29) is 5.41 Å². The lowest BCUT2D eigenvalue weighted by molar-refractivity contribution is -0.0452. The summed E-state index contributed by atoms with van der Waals surface area (Å²) in [5, 5.41) is 11.0. The minimum atomic E-state index is -0.479. The second kappa shape index (κ2) is 7.36. The van der Waals surface area contributed by atoms with Gasteiger partial charge in [-0.3, -0.25) is 0 Å². The first-order valence-electron chi connectivity index (χ1n) is 9.98. The van der Waals surface area contributed by atoms with E-state index in [0.717, 1.165) is 58.7 Å². The molecule has 3 fully saturated rings. The van der Waals surface area contributed by atoms with E-state index in [9.17, 15) is 5.11 Å². The molecule has 3 aliphatic rings. The SMILES string of the molecule is OC1(CN2CCCC2)CCN(C[C@]2(c3ccccc3)CCOC2)CC1. The average molecular weight is 344 g/mol. The maximum atomic E-state index is 11.0. The highest BCUT2D eigenvalue weighted by molar-refractivity contribution is 5.27. The van der Waals surface area contributed by atoms with Crippen molar-refractivity contribution in [1.82, 2.24) is 9.80 Å². The van der Waals surface area contributed by atoms with Crippen LogP contribution in [0.4, 0.5) is 0 Å². The van der Waals surface area contributed by atoms with Crippen molar-refractivity contribution >= 4 is 0 Å². The smallest absolute Gasteiger partial charge is 0.0798 e. The Morgan fingerprint density at radius 1 is 0.880 bits per heavy atom. The van der Waals surface area contributed by atoms with E-state index in [1.807, 2.05) is 0 Å². The van der Waals surface area contributed by atoms with Gasteiger partial charge in [-0.15, -0.1) is 0 Å². The van der Waals surface area contributed by atoms with E-state index in [1.165, 1.54) is 31.5 Å². The van der Waals surface area contributed by atoms with Gasteiger partial charge in [0.25, 0.3) is 0 Å². The predicted octanol–water partition coefficient (Wildman–Crippen LogP) is 2.27. The number of hydrogen-bond acceptors (Lipinski definition) is 4. The number of likely N-dealkylation sites (tertiary alicyclic amines) is 2. The van der Waals surface area contributed by atoms with Gasteiger partial charge in [-0.25, -0.2) is 0 Å². The van der Waals surface area contributed by atoms with Crippen molar-refractivity contribution in [3.05, 3.63) is 35.9 Å². The third kappa shape index (κ3) is 3.92. The molecule has 138 valence electrons. The zero-order valence-corrected chi connectivity index (χ0v) is 15.3. The van der Waals surface area contributed by atoms with Crippen molar-refractivity contribution in [2.24, 2.45) is 0 Å². The van der Waals surface area contributed by atoms with Gasteiger partial charge in [0.15, 0.2) is 0 Å². The first-order valence-corrected chi connectivity index (χ1v) is 9.98. The second-order valence-electron chi connectivity index (χ2n) is 8.43. The van der Waals surface area contributed by atoms with Crippen LogP contribution in [0.2, 0.25) is 0 Å². The normalized spacial score (nSPS) is 30.8. The van der Waals surface area contributed by atoms with Crippen LogP contribution >= 0.6 is 0 Å². The lowest BCUT2D eigenvalue weighted by Gasteiger charge is -2.43. The Hall–Kier alpha value is -0.940. The van der Waals surface area contributed by atoms with Crippen LogP contribution in [0.5, 0.6) is 0 Å². The summed E-state index contributed by atoms with van der Waals surface area (Å²) in [6.07, 6.45) is 5.49. The van der Waals surface area contributed by atoms with Gasteiger partial charge in [0.2, 0.25) is 0 Å². The van der Waals surface area contributed by atoms with Gasteiger partial charge in [0.1, 0.15) is 0 Å². The van der Waals surface area contributed by atoms with Crippen molar-refractivity contribution in [2.45, 2.75) is 43.1 Å². The molecule has 0 unspecified atom stereocenters. The fourth-order valence-corrected chi connectivity index (χ4v) is 4.91. The monoisotopic (exact) mass is 344 g/mol. The van der Waals surface area contributed by atoms with E-state index >= 15 is 0 Å². The van der Waals surface area contributed by atoms with E-state index in [2.05, 4.69) is 40.1 Å². The molecule has 0 spiro atoms. The molecule has 0 radical (unpaired) electrons. The Balaban J connectivity index is 1.37. The Kier molecular flexibility index (Phi) is 5.14. The zero-order chi connectivity index (χ0) is 17.2. The Morgan fingerprint density at radius 2 is 1.56 bits per heavy atom.